The van der Waals surface area contributed by atoms with Crippen LogP contribution in [0.25, 0.3) is 11.0 Å². The Labute approximate surface area is 156 Å². The molecule has 1 fully saturated rings. The summed E-state index contributed by atoms with van der Waals surface area (Å²) in [6.45, 7) is 0.630. The first-order valence-corrected chi connectivity index (χ1v) is 10.1. The van der Waals surface area contributed by atoms with Gasteiger partial charge in [-0.1, -0.05) is 18.2 Å². The summed E-state index contributed by atoms with van der Waals surface area (Å²) in [7, 11) is -2.07. The third-order valence-electron chi connectivity index (χ3n) is 4.89. The van der Waals surface area contributed by atoms with E-state index in [-0.39, 0.29) is 17.6 Å². The number of nitrogens with two attached hydrogens (primary N) is 1. The summed E-state index contributed by atoms with van der Waals surface area (Å²) in [5, 5.41) is 5.02. The quantitative estimate of drug-likeness (QED) is 0.733. The fourth-order valence-electron chi connectivity index (χ4n) is 3.59. The molecule has 2 N–H and O–H groups in total. The number of hydrogen-bond acceptors (Lipinski definition) is 5. The zero-order valence-electron chi connectivity index (χ0n) is 14.8. The van der Waals surface area contributed by atoms with Crippen LogP contribution in [0.3, 0.4) is 0 Å². The van der Waals surface area contributed by atoms with Crippen molar-refractivity contribution < 1.29 is 17.6 Å². The number of fused-ring (bicyclic) bond motifs is 1. The lowest BCUT2D eigenvalue weighted by molar-refractivity contribution is 0.0998. The number of carbonyl (C=O) groups excluding carboxylic acids is 1. The molecule has 1 aliphatic rings. The molecule has 0 radical (unpaired) electrons. The number of primary amides is 1. The number of hydrogen-bond donors (Lipinski definition) is 1. The molecule has 1 saturated heterocycles. The number of aryl methyl sites for hydroxylation is 1. The minimum atomic E-state index is -3.78. The molecule has 2 aromatic heterocycles. The first-order valence-electron chi connectivity index (χ1n) is 8.68. The minimum Gasteiger partial charge on any atom is -0.443 e. The van der Waals surface area contributed by atoms with Crippen molar-refractivity contribution in [3.8, 4) is 0 Å². The average molecular weight is 388 g/mol. The SMILES string of the molecule is Cn1cc(C(N)=O)c(C2CCCN(S(=O)(=O)c3cc4ccccc4o3)C2)n1. The fourth-order valence-corrected chi connectivity index (χ4v) is 5.06. The van der Waals surface area contributed by atoms with Gasteiger partial charge in [0, 0.05) is 43.7 Å². The summed E-state index contributed by atoms with van der Waals surface area (Å²) in [6, 6.07) is 8.72. The zero-order valence-corrected chi connectivity index (χ0v) is 15.6. The molecule has 1 aliphatic heterocycles. The number of para-hydroxylation sites is 1. The van der Waals surface area contributed by atoms with Gasteiger partial charge in [-0.2, -0.15) is 9.40 Å². The van der Waals surface area contributed by atoms with E-state index in [1.165, 1.54) is 8.99 Å². The molecule has 0 spiro atoms. The van der Waals surface area contributed by atoms with E-state index >= 15 is 0 Å². The van der Waals surface area contributed by atoms with Crippen LogP contribution in [0.1, 0.15) is 34.8 Å². The monoisotopic (exact) mass is 388 g/mol. The highest BCUT2D eigenvalue weighted by molar-refractivity contribution is 7.89. The van der Waals surface area contributed by atoms with Crippen LogP contribution in [0.5, 0.6) is 0 Å². The van der Waals surface area contributed by atoms with Crippen LogP contribution in [-0.4, -0.2) is 41.5 Å². The fraction of sp³-hybridized carbons (Fsp3) is 0.333. The van der Waals surface area contributed by atoms with Crippen molar-refractivity contribution >= 4 is 26.9 Å². The minimum absolute atomic E-state index is 0.0690. The summed E-state index contributed by atoms with van der Waals surface area (Å²) in [6.07, 6.45) is 2.98. The van der Waals surface area contributed by atoms with E-state index < -0.39 is 15.9 Å². The van der Waals surface area contributed by atoms with Crippen LogP contribution >= 0.6 is 0 Å². The predicted octanol–water partition coefficient (Wildman–Crippen LogP) is 1.83. The Morgan fingerprint density at radius 2 is 2.11 bits per heavy atom. The molecular weight excluding hydrogens is 368 g/mol. The number of carbonyl (C=O) groups is 1. The molecule has 0 bridgehead atoms. The molecule has 3 heterocycles. The normalized spacial score (nSPS) is 18.8. The van der Waals surface area contributed by atoms with Gasteiger partial charge < -0.3 is 10.2 Å². The molecule has 1 aromatic carbocycles. The van der Waals surface area contributed by atoms with Crippen LogP contribution in [0.4, 0.5) is 0 Å². The molecule has 4 rings (SSSR count). The maximum atomic E-state index is 13.1. The van der Waals surface area contributed by atoms with Gasteiger partial charge >= 0.3 is 0 Å². The Morgan fingerprint density at radius 1 is 1.33 bits per heavy atom. The molecule has 9 heteroatoms. The van der Waals surface area contributed by atoms with Crippen LogP contribution in [0.2, 0.25) is 0 Å². The molecule has 1 amide bonds. The maximum Gasteiger partial charge on any atom is 0.276 e. The number of amides is 1. The first kappa shape index (κ1) is 17.7. The molecule has 142 valence electrons. The van der Waals surface area contributed by atoms with E-state index in [0.29, 0.717) is 29.8 Å². The Kier molecular flexibility index (Phi) is 4.27. The number of rotatable bonds is 4. The smallest absolute Gasteiger partial charge is 0.276 e. The second-order valence-corrected chi connectivity index (χ2v) is 8.64. The first-order chi connectivity index (χ1) is 12.9. The lowest BCUT2D eigenvalue weighted by Gasteiger charge is -2.30. The van der Waals surface area contributed by atoms with Crippen molar-refractivity contribution in [1.29, 1.82) is 0 Å². The number of furan rings is 1. The summed E-state index contributed by atoms with van der Waals surface area (Å²) >= 11 is 0. The van der Waals surface area contributed by atoms with E-state index in [1.807, 2.05) is 12.1 Å². The van der Waals surface area contributed by atoms with Gasteiger partial charge in [0.1, 0.15) is 5.58 Å². The molecule has 3 aromatic rings. The highest BCUT2D eigenvalue weighted by atomic mass is 32.2. The van der Waals surface area contributed by atoms with Gasteiger partial charge in [-0.15, -0.1) is 0 Å². The lowest BCUT2D eigenvalue weighted by atomic mass is 9.93. The van der Waals surface area contributed by atoms with Gasteiger partial charge in [-0.05, 0) is 18.9 Å². The van der Waals surface area contributed by atoms with Crippen LogP contribution in [0, 0.1) is 0 Å². The van der Waals surface area contributed by atoms with E-state index in [1.54, 1.807) is 31.4 Å². The van der Waals surface area contributed by atoms with Crippen molar-refractivity contribution in [2.45, 2.75) is 23.9 Å². The van der Waals surface area contributed by atoms with Crippen molar-refractivity contribution in [2.75, 3.05) is 13.1 Å². The van der Waals surface area contributed by atoms with Gasteiger partial charge in [0.2, 0.25) is 5.09 Å². The van der Waals surface area contributed by atoms with Crippen LogP contribution in [-0.2, 0) is 17.1 Å². The van der Waals surface area contributed by atoms with Gasteiger partial charge in [-0.25, -0.2) is 8.42 Å². The largest absolute Gasteiger partial charge is 0.443 e. The lowest BCUT2D eigenvalue weighted by Crippen LogP contribution is -2.39. The van der Waals surface area contributed by atoms with E-state index in [4.69, 9.17) is 10.2 Å². The Morgan fingerprint density at radius 3 is 2.85 bits per heavy atom. The Hall–Kier alpha value is -2.65. The zero-order chi connectivity index (χ0) is 19.2. The summed E-state index contributed by atoms with van der Waals surface area (Å²) < 4.78 is 34.6. The number of nitrogens with zero attached hydrogens (tertiary/aromatic N) is 3. The van der Waals surface area contributed by atoms with Gasteiger partial charge in [0.25, 0.3) is 15.9 Å². The molecular formula is C18H20N4O4S. The number of sulfonamides is 1. The highest BCUT2D eigenvalue weighted by Crippen LogP contribution is 2.32. The third kappa shape index (κ3) is 3.13. The second-order valence-electron chi connectivity index (χ2n) is 6.77. The maximum absolute atomic E-state index is 13.1. The predicted molar refractivity (Wildman–Crippen MR) is 98.7 cm³/mol. The van der Waals surface area contributed by atoms with Gasteiger partial charge in [0.15, 0.2) is 0 Å². The molecule has 27 heavy (non-hydrogen) atoms. The summed E-state index contributed by atoms with van der Waals surface area (Å²) in [5.74, 6) is -0.753. The van der Waals surface area contributed by atoms with E-state index in [2.05, 4.69) is 5.10 Å². The summed E-state index contributed by atoms with van der Waals surface area (Å²) in [5.41, 5.74) is 6.87. The standard InChI is InChI=1S/C18H20N4O4S/c1-21-11-14(18(19)23)17(20-21)13-6-4-8-22(10-13)27(24,25)16-9-12-5-2-3-7-15(12)26-16/h2-3,5,7,9,11,13H,4,6,8,10H2,1H3,(H2,19,23). The van der Waals surface area contributed by atoms with Crippen LogP contribution < -0.4 is 5.73 Å². The van der Waals surface area contributed by atoms with E-state index in [9.17, 15) is 13.2 Å². The van der Waals surface area contributed by atoms with Crippen molar-refractivity contribution in [2.24, 2.45) is 12.8 Å². The van der Waals surface area contributed by atoms with E-state index in [0.717, 1.165) is 11.8 Å². The Balaban J connectivity index is 1.65. The van der Waals surface area contributed by atoms with Crippen LogP contribution in [0.15, 0.2) is 46.0 Å². The average Bonchev–Trinajstić information content (AvgIpc) is 3.26. The number of piperidine rings is 1. The third-order valence-corrected chi connectivity index (χ3v) is 6.61. The second kappa shape index (κ2) is 6.50. The van der Waals surface area contributed by atoms with Crippen molar-refractivity contribution in [3.05, 3.63) is 47.8 Å². The topological polar surface area (TPSA) is 111 Å². The molecule has 0 saturated carbocycles. The van der Waals surface area contributed by atoms with Gasteiger partial charge in [-0.3, -0.25) is 9.48 Å². The van der Waals surface area contributed by atoms with Crippen molar-refractivity contribution in [1.82, 2.24) is 14.1 Å². The highest BCUT2D eigenvalue weighted by Gasteiger charge is 2.35. The molecule has 8 nitrogen and oxygen atoms in total. The van der Waals surface area contributed by atoms with Crippen molar-refractivity contribution in [3.63, 3.8) is 0 Å². The molecule has 1 unspecified atom stereocenters. The Bertz CT molecular complexity index is 1080. The number of aromatic nitrogens is 2. The molecule has 1 atom stereocenters. The number of benzene rings is 1. The van der Waals surface area contributed by atoms with Gasteiger partial charge in [0.05, 0.1) is 11.3 Å². The summed E-state index contributed by atoms with van der Waals surface area (Å²) in [4.78, 5) is 11.7. The molecule has 0 aliphatic carbocycles.